The maximum Gasteiger partial charge on any atom is 0.250 e. The first-order valence-electron chi connectivity index (χ1n) is 4.46. The maximum atomic E-state index is 13.0. The van der Waals surface area contributed by atoms with Crippen LogP contribution < -0.4 is 0 Å². The summed E-state index contributed by atoms with van der Waals surface area (Å²) >= 11 is 0. The van der Waals surface area contributed by atoms with Crippen molar-refractivity contribution in [2.45, 2.75) is 52.4 Å². The molecule has 0 aromatic heterocycles. The number of alkyl halides is 2. The second-order valence-electron chi connectivity index (χ2n) is 3.01. The predicted molar refractivity (Wildman–Crippen MR) is 43.9 cm³/mol. The van der Waals surface area contributed by atoms with Crippen molar-refractivity contribution in [2.75, 3.05) is 0 Å². The second kappa shape index (κ2) is 4.68. The lowest BCUT2D eigenvalue weighted by Gasteiger charge is -2.24. The molecule has 0 amide bonds. The minimum Gasteiger partial charge on any atom is -0.207 e. The van der Waals surface area contributed by atoms with E-state index in [0.717, 1.165) is 6.42 Å². The highest BCUT2D eigenvalue weighted by Crippen LogP contribution is 2.33. The van der Waals surface area contributed by atoms with Gasteiger partial charge in [-0.15, -0.1) is 0 Å². The highest BCUT2D eigenvalue weighted by atomic mass is 19.3. The zero-order valence-corrected chi connectivity index (χ0v) is 7.66. The van der Waals surface area contributed by atoms with Gasteiger partial charge in [0.05, 0.1) is 0 Å². The van der Waals surface area contributed by atoms with Crippen LogP contribution in [0.3, 0.4) is 0 Å². The van der Waals surface area contributed by atoms with Gasteiger partial charge in [0, 0.05) is 12.3 Å². The lowest BCUT2D eigenvalue weighted by atomic mass is 9.92. The predicted octanol–water partition coefficient (Wildman–Crippen LogP) is 3.86. The number of halogens is 2. The molecular formula is C9H18F2. The average Bonchev–Trinajstić information content (AvgIpc) is 2.00. The smallest absolute Gasteiger partial charge is 0.207 e. The zero-order valence-electron chi connectivity index (χ0n) is 7.66. The van der Waals surface area contributed by atoms with E-state index in [4.69, 9.17) is 0 Å². The Morgan fingerprint density at radius 2 is 1.73 bits per heavy atom. The number of hydrogen-bond acceptors (Lipinski definition) is 0. The fourth-order valence-electron chi connectivity index (χ4n) is 1.35. The van der Waals surface area contributed by atoms with Crippen molar-refractivity contribution in [3.05, 3.63) is 0 Å². The third kappa shape index (κ3) is 3.17. The summed E-state index contributed by atoms with van der Waals surface area (Å²) in [6.07, 6.45) is 2.08. The van der Waals surface area contributed by atoms with E-state index >= 15 is 0 Å². The molecule has 0 aliphatic rings. The molecule has 0 nitrogen and oxygen atoms in total. The molecule has 0 aromatic rings. The van der Waals surface area contributed by atoms with Crippen LogP contribution in [0, 0.1) is 5.92 Å². The van der Waals surface area contributed by atoms with Crippen LogP contribution in [0.15, 0.2) is 0 Å². The van der Waals surface area contributed by atoms with E-state index in [1.807, 2.05) is 13.8 Å². The van der Waals surface area contributed by atoms with Crippen molar-refractivity contribution in [2.24, 2.45) is 5.92 Å². The molecule has 0 radical (unpaired) electrons. The molecule has 0 aliphatic carbocycles. The molecule has 2 heteroatoms. The quantitative estimate of drug-likeness (QED) is 0.578. The molecule has 0 heterocycles. The van der Waals surface area contributed by atoms with Gasteiger partial charge in [0.2, 0.25) is 0 Å². The highest BCUT2D eigenvalue weighted by molar-refractivity contribution is 4.73. The van der Waals surface area contributed by atoms with Crippen molar-refractivity contribution < 1.29 is 8.78 Å². The molecule has 0 aliphatic heterocycles. The second-order valence-corrected chi connectivity index (χ2v) is 3.01. The van der Waals surface area contributed by atoms with Crippen molar-refractivity contribution in [1.29, 1.82) is 0 Å². The first-order chi connectivity index (χ1) is 5.08. The lowest BCUT2D eigenvalue weighted by molar-refractivity contribution is -0.0657. The summed E-state index contributed by atoms with van der Waals surface area (Å²) in [5.74, 6) is -2.84. The minimum atomic E-state index is -2.44. The van der Waals surface area contributed by atoms with E-state index < -0.39 is 11.8 Å². The average molecular weight is 164 g/mol. The topological polar surface area (TPSA) is 0 Å². The molecule has 0 rings (SSSR count). The van der Waals surface area contributed by atoms with Gasteiger partial charge in [-0.2, -0.15) is 0 Å². The third-order valence-corrected chi connectivity index (χ3v) is 2.20. The van der Waals surface area contributed by atoms with Crippen LogP contribution in [0.2, 0.25) is 0 Å². The summed E-state index contributed by atoms with van der Waals surface area (Å²) in [5.41, 5.74) is 0. The van der Waals surface area contributed by atoms with Gasteiger partial charge in [-0.3, -0.25) is 0 Å². The minimum absolute atomic E-state index is 0.0223. The molecular weight excluding hydrogens is 146 g/mol. The van der Waals surface area contributed by atoms with Gasteiger partial charge in [-0.05, 0) is 12.8 Å². The SMILES string of the molecule is CCCC(CC)C(F)(F)CC. The Bertz CT molecular complexity index is 99.7. The van der Waals surface area contributed by atoms with Gasteiger partial charge < -0.3 is 0 Å². The third-order valence-electron chi connectivity index (χ3n) is 2.20. The highest BCUT2D eigenvalue weighted by Gasteiger charge is 2.34. The van der Waals surface area contributed by atoms with Crippen molar-refractivity contribution in [3.63, 3.8) is 0 Å². The van der Waals surface area contributed by atoms with Crippen LogP contribution in [-0.2, 0) is 0 Å². The van der Waals surface area contributed by atoms with Gasteiger partial charge in [0.1, 0.15) is 0 Å². The normalized spacial score (nSPS) is 15.0. The summed E-state index contributed by atoms with van der Waals surface area (Å²) < 4.78 is 26.0. The van der Waals surface area contributed by atoms with Gasteiger partial charge in [0.15, 0.2) is 0 Å². The Hall–Kier alpha value is -0.140. The Morgan fingerprint density at radius 3 is 2.00 bits per heavy atom. The van der Waals surface area contributed by atoms with Gasteiger partial charge >= 0.3 is 0 Å². The fraction of sp³-hybridized carbons (Fsp3) is 1.00. The fourth-order valence-corrected chi connectivity index (χ4v) is 1.35. The number of rotatable bonds is 5. The molecule has 0 N–H and O–H groups in total. The van der Waals surface area contributed by atoms with Crippen molar-refractivity contribution in [3.8, 4) is 0 Å². The van der Waals surface area contributed by atoms with Crippen LogP contribution in [-0.4, -0.2) is 5.92 Å². The molecule has 0 spiro atoms. The van der Waals surface area contributed by atoms with E-state index in [1.165, 1.54) is 0 Å². The Morgan fingerprint density at radius 1 is 1.18 bits per heavy atom. The molecule has 68 valence electrons. The Balaban J connectivity index is 3.99. The summed E-state index contributed by atoms with van der Waals surface area (Å²) in [6, 6.07) is 0. The van der Waals surface area contributed by atoms with Gasteiger partial charge in [-0.25, -0.2) is 8.78 Å². The molecule has 0 saturated carbocycles. The van der Waals surface area contributed by atoms with E-state index in [1.54, 1.807) is 6.92 Å². The molecule has 0 saturated heterocycles. The van der Waals surface area contributed by atoms with E-state index in [2.05, 4.69) is 0 Å². The molecule has 11 heavy (non-hydrogen) atoms. The summed E-state index contributed by atoms with van der Waals surface area (Å²) in [5, 5.41) is 0. The van der Waals surface area contributed by atoms with E-state index in [0.29, 0.717) is 12.8 Å². The van der Waals surface area contributed by atoms with Crippen molar-refractivity contribution in [1.82, 2.24) is 0 Å². The van der Waals surface area contributed by atoms with Gasteiger partial charge in [0.25, 0.3) is 5.92 Å². The van der Waals surface area contributed by atoms with E-state index in [-0.39, 0.29) is 6.42 Å². The van der Waals surface area contributed by atoms with E-state index in [9.17, 15) is 8.78 Å². The molecule has 0 fully saturated rings. The van der Waals surface area contributed by atoms with Crippen LogP contribution in [0.5, 0.6) is 0 Å². The lowest BCUT2D eigenvalue weighted by Crippen LogP contribution is -2.26. The van der Waals surface area contributed by atoms with Crippen LogP contribution in [0.1, 0.15) is 46.5 Å². The van der Waals surface area contributed by atoms with Gasteiger partial charge in [-0.1, -0.05) is 27.2 Å². The standard InChI is InChI=1S/C9H18F2/c1-4-7-8(5-2)9(10,11)6-3/h8H,4-7H2,1-3H3. The molecule has 1 atom stereocenters. The first-order valence-corrected chi connectivity index (χ1v) is 4.46. The van der Waals surface area contributed by atoms with Crippen LogP contribution >= 0.6 is 0 Å². The molecule has 1 unspecified atom stereocenters. The van der Waals surface area contributed by atoms with Crippen LogP contribution in [0.25, 0.3) is 0 Å². The first kappa shape index (κ1) is 10.9. The summed E-state index contributed by atoms with van der Waals surface area (Å²) in [4.78, 5) is 0. The maximum absolute atomic E-state index is 13.0. The Labute approximate surface area is 68.0 Å². The molecule has 0 aromatic carbocycles. The summed E-state index contributed by atoms with van der Waals surface area (Å²) in [7, 11) is 0. The zero-order chi connectivity index (χ0) is 8.91. The largest absolute Gasteiger partial charge is 0.250 e. The number of hydrogen-bond donors (Lipinski definition) is 0. The van der Waals surface area contributed by atoms with Crippen molar-refractivity contribution >= 4 is 0 Å². The Kier molecular flexibility index (Phi) is 4.62. The van der Waals surface area contributed by atoms with Crippen LogP contribution in [0.4, 0.5) is 8.78 Å². The molecule has 0 bridgehead atoms. The summed E-state index contributed by atoms with van der Waals surface area (Å²) in [6.45, 7) is 5.34. The monoisotopic (exact) mass is 164 g/mol.